The van der Waals surface area contributed by atoms with Gasteiger partial charge in [0.05, 0.1) is 46.1 Å². The van der Waals surface area contributed by atoms with Gasteiger partial charge < -0.3 is 0 Å². The Kier molecular flexibility index (Phi) is 8.16. The zero-order chi connectivity index (χ0) is 35.3. The highest BCUT2D eigenvalue weighted by molar-refractivity contribution is 6.70. The fourth-order valence-corrected chi connectivity index (χ4v) is 8.38. The minimum Gasteiger partial charge on any atom is -0.296 e. The average Bonchev–Trinajstić information content (AvgIpc) is 3.48. The van der Waals surface area contributed by atoms with E-state index in [4.69, 9.17) is 4.98 Å². The van der Waals surface area contributed by atoms with E-state index in [1.165, 1.54) is 104 Å². The smallest absolute Gasteiger partial charge is 0.139 e. The summed E-state index contributed by atoms with van der Waals surface area (Å²) in [6.07, 6.45) is 0. The third-order valence-electron chi connectivity index (χ3n) is 12.0. The Labute approximate surface area is 303 Å². The van der Waals surface area contributed by atoms with E-state index in [1.807, 2.05) is 0 Å². The summed E-state index contributed by atoms with van der Waals surface area (Å²) in [4.78, 5) is 5.29. The van der Waals surface area contributed by atoms with Crippen molar-refractivity contribution in [2.75, 3.05) is 0 Å². The molecular formula is C34H37B13N2. The van der Waals surface area contributed by atoms with Crippen molar-refractivity contribution in [1.29, 1.82) is 0 Å². The first-order valence-electron chi connectivity index (χ1n) is 17.8. The Hall–Kier alpha value is -3.85. The van der Waals surface area contributed by atoms with Gasteiger partial charge in [-0.15, -0.1) is 32.8 Å². The van der Waals surface area contributed by atoms with Crippen molar-refractivity contribution in [3.05, 3.63) is 72.6 Å². The molecule has 49 heavy (non-hydrogen) atoms. The Balaban J connectivity index is 1.76. The lowest BCUT2D eigenvalue weighted by molar-refractivity contribution is 0.939. The highest BCUT2D eigenvalue weighted by Gasteiger charge is 2.28. The van der Waals surface area contributed by atoms with Crippen LogP contribution in [0.2, 0.25) is 0 Å². The van der Waals surface area contributed by atoms with Gasteiger partial charge in [0.1, 0.15) is 78.5 Å². The first kappa shape index (κ1) is 33.6. The van der Waals surface area contributed by atoms with Gasteiger partial charge in [0.25, 0.3) is 0 Å². The molecule has 1 heterocycles. The number of imidazole rings is 1. The summed E-state index contributed by atoms with van der Waals surface area (Å²) in [6, 6.07) is 25.0. The summed E-state index contributed by atoms with van der Waals surface area (Å²) in [6.45, 7) is 0. The van der Waals surface area contributed by atoms with Crippen LogP contribution in [0.25, 0.3) is 60.5 Å². The molecule has 15 heteroatoms. The molecule has 0 spiro atoms. The Morgan fingerprint density at radius 1 is 0.449 bits per heavy atom. The van der Waals surface area contributed by atoms with E-state index in [2.05, 4.69) is 173 Å². The highest BCUT2D eigenvalue weighted by atomic mass is 15.1. The maximum absolute atomic E-state index is 5.29. The summed E-state index contributed by atoms with van der Waals surface area (Å²) in [5.41, 5.74) is 22.5. The zero-order valence-corrected chi connectivity index (χ0v) is 31.7. The van der Waals surface area contributed by atoms with Crippen molar-refractivity contribution in [3.8, 4) is 27.9 Å². The SMILES string of the molecule is Bc1c(B)c(B)c(-c2ccc3c(-n4c(C(B)(B)B)nc5ccccc54)c4ccccc4c(-c4c(B)c(B)c(B)c(B)c4B)c3c2)c(B)c1B. The minimum atomic E-state index is -0.172. The van der Waals surface area contributed by atoms with E-state index >= 15 is 0 Å². The number of benzene rings is 6. The van der Waals surface area contributed by atoms with Gasteiger partial charge >= 0.3 is 0 Å². The van der Waals surface area contributed by atoms with Gasteiger partial charge in [0, 0.05) is 10.8 Å². The average molecular weight is 614 g/mol. The standard InChI is InChI=1S/C34H37B13N2/c35-22-19(23(36)27(40)30(43)26(22)39)12-9-10-15-16(11-12)20(21-24(37)28(41)31(44)29(42)25(21)38)13-5-1-2-6-14(13)32(15)49-18-8-4-3-7-17(18)48-33(49)34(45,46)47/h1-11H,35-47H2. The van der Waals surface area contributed by atoms with Crippen LogP contribution in [0.1, 0.15) is 5.82 Å². The van der Waals surface area contributed by atoms with Gasteiger partial charge in [0.2, 0.25) is 0 Å². The quantitative estimate of drug-likeness (QED) is 0.143. The van der Waals surface area contributed by atoms with Crippen molar-refractivity contribution in [2.24, 2.45) is 0 Å². The molecule has 0 N–H and O–H groups in total. The maximum Gasteiger partial charge on any atom is 0.139 e. The molecule has 0 atom stereocenters. The number of aromatic nitrogens is 2. The van der Waals surface area contributed by atoms with Crippen molar-refractivity contribution >= 4 is 189 Å². The summed E-state index contributed by atoms with van der Waals surface area (Å²) < 4.78 is 2.46. The van der Waals surface area contributed by atoms with Crippen LogP contribution < -0.4 is 54.6 Å². The Morgan fingerprint density at radius 2 is 0.918 bits per heavy atom. The fraction of sp³-hybridized carbons (Fsp3) is 0.0294. The highest BCUT2D eigenvalue weighted by Crippen LogP contribution is 2.43. The first-order chi connectivity index (χ1) is 23.1. The summed E-state index contributed by atoms with van der Waals surface area (Å²) in [5.74, 6) is 1.07. The topological polar surface area (TPSA) is 17.8 Å². The third-order valence-corrected chi connectivity index (χ3v) is 12.0. The number of fused-ring (bicyclic) bond motifs is 3. The zero-order valence-electron chi connectivity index (χ0n) is 31.7. The molecule has 0 unspecified atom stereocenters. The van der Waals surface area contributed by atoms with E-state index in [-0.39, 0.29) is 5.11 Å². The van der Waals surface area contributed by atoms with E-state index < -0.39 is 0 Å². The van der Waals surface area contributed by atoms with Crippen LogP contribution in [-0.2, 0) is 5.11 Å². The van der Waals surface area contributed by atoms with Crippen LogP contribution in [0.3, 0.4) is 0 Å². The predicted molar refractivity (Wildman–Crippen MR) is 256 cm³/mol. The second kappa shape index (κ2) is 11.9. The van der Waals surface area contributed by atoms with Crippen molar-refractivity contribution < 1.29 is 0 Å². The lowest BCUT2D eigenvalue weighted by Crippen LogP contribution is -2.55. The van der Waals surface area contributed by atoms with Crippen molar-refractivity contribution in [3.63, 3.8) is 0 Å². The summed E-state index contributed by atoms with van der Waals surface area (Å²) >= 11 is 0. The van der Waals surface area contributed by atoms with Gasteiger partial charge in [-0.25, -0.2) is 4.98 Å². The summed E-state index contributed by atoms with van der Waals surface area (Å²) in [5, 5.41) is 4.88. The number of rotatable bonds is 4. The Morgan fingerprint density at radius 3 is 1.49 bits per heavy atom. The molecule has 2 nitrogen and oxygen atoms in total. The molecule has 1 aromatic heterocycles. The molecule has 0 aliphatic rings. The molecule has 222 valence electrons. The van der Waals surface area contributed by atoms with Crippen LogP contribution >= 0.6 is 0 Å². The van der Waals surface area contributed by atoms with Gasteiger partial charge in [-0.3, -0.25) is 4.57 Å². The fourth-order valence-electron chi connectivity index (χ4n) is 8.38. The van der Waals surface area contributed by atoms with Gasteiger partial charge in [-0.2, -0.15) is 0 Å². The third kappa shape index (κ3) is 5.01. The maximum atomic E-state index is 5.29. The lowest BCUT2D eigenvalue weighted by atomic mass is 9.42. The summed E-state index contributed by atoms with van der Waals surface area (Å²) in [7, 11) is 29.8. The van der Waals surface area contributed by atoms with Gasteiger partial charge in [-0.05, 0) is 51.2 Å². The van der Waals surface area contributed by atoms with Crippen LogP contribution in [0.5, 0.6) is 0 Å². The first-order valence-corrected chi connectivity index (χ1v) is 17.8. The molecule has 0 bridgehead atoms. The van der Waals surface area contributed by atoms with Crippen molar-refractivity contribution in [2.45, 2.75) is 5.11 Å². The molecule has 0 radical (unpaired) electrons. The van der Waals surface area contributed by atoms with Crippen LogP contribution in [-0.4, -0.2) is 112 Å². The predicted octanol–water partition coefficient (Wildman–Crippen LogP) is -11.7. The second-order valence-corrected chi connectivity index (χ2v) is 15.5. The van der Waals surface area contributed by atoms with Crippen LogP contribution in [0, 0.1) is 0 Å². The molecular weight excluding hydrogens is 577 g/mol. The second-order valence-electron chi connectivity index (χ2n) is 15.5. The molecule has 6 aromatic carbocycles. The molecule has 0 aliphatic heterocycles. The number of hydrogen-bond donors (Lipinski definition) is 0. The lowest BCUT2D eigenvalue weighted by Gasteiger charge is -2.27. The molecule has 7 rings (SSSR count). The number of nitrogens with zero attached hydrogens (tertiary/aromatic N) is 2. The van der Waals surface area contributed by atoms with Gasteiger partial charge in [0.15, 0.2) is 0 Å². The van der Waals surface area contributed by atoms with E-state index in [1.54, 1.807) is 0 Å². The molecule has 0 amide bonds. The molecule has 0 saturated carbocycles. The van der Waals surface area contributed by atoms with Crippen molar-refractivity contribution in [1.82, 2.24) is 9.55 Å². The van der Waals surface area contributed by atoms with E-state index in [0.717, 1.165) is 16.9 Å². The molecule has 0 saturated heterocycles. The largest absolute Gasteiger partial charge is 0.296 e. The minimum absolute atomic E-state index is 0.172. The molecule has 0 fully saturated rings. The van der Waals surface area contributed by atoms with Gasteiger partial charge in [-0.1, -0.05) is 75.5 Å². The molecule has 0 aliphatic carbocycles. The Bertz CT molecular complexity index is 2490. The number of hydrogen-bond acceptors (Lipinski definition) is 1. The van der Waals surface area contributed by atoms with E-state index in [9.17, 15) is 0 Å². The normalized spacial score (nSPS) is 11.9. The van der Waals surface area contributed by atoms with E-state index in [0.29, 0.717) is 0 Å². The monoisotopic (exact) mass is 616 g/mol. The molecule has 7 aromatic rings. The van der Waals surface area contributed by atoms with Crippen LogP contribution in [0.15, 0.2) is 66.7 Å². The van der Waals surface area contributed by atoms with Crippen LogP contribution in [0.4, 0.5) is 0 Å². The number of para-hydroxylation sites is 2.